The third kappa shape index (κ3) is 3.48. The van der Waals surface area contributed by atoms with Crippen LogP contribution >= 0.6 is 22.9 Å². The fraction of sp³-hybridized carbons (Fsp3) is 0.429. The Balaban J connectivity index is 2.23. The molecule has 0 aliphatic heterocycles. The molecule has 0 aromatic carbocycles. The number of halogens is 1. The summed E-state index contributed by atoms with van der Waals surface area (Å²) in [4.78, 5) is 9.49. The predicted octanol–water partition coefficient (Wildman–Crippen LogP) is 3.40. The molecular weight excluding hydrogens is 294 g/mol. The number of rotatable bonds is 6. The lowest BCUT2D eigenvalue weighted by atomic mass is 10.1. The van der Waals surface area contributed by atoms with E-state index in [2.05, 4.69) is 27.6 Å². The molecule has 2 heterocycles. The van der Waals surface area contributed by atoms with Crippen LogP contribution in [0.2, 0.25) is 5.02 Å². The monoisotopic (exact) mass is 311 g/mol. The highest BCUT2D eigenvalue weighted by molar-refractivity contribution is 7.10. The molecule has 0 amide bonds. The van der Waals surface area contributed by atoms with Crippen LogP contribution in [0.15, 0.2) is 17.8 Å². The average molecular weight is 312 g/mol. The standard InChI is InChI=1S/C14H18ClN3OS/c1-4-16-11(14-13(15)9(2)7-20-14)5-10-6-12(19-3)18-8-17-10/h6-8,11,16H,4-5H2,1-3H3. The molecule has 108 valence electrons. The van der Waals surface area contributed by atoms with Crippen LogP contribution in [0.1, 0.15) is 29.1 Å². The second-order valence-corrected chi connectivity index (χ2v) is 5.75. The zero-order valence-corrected chi connectivity index (χ0v) is 13.4. The number of ether oxygens (including phenoxy) is 1. The summed E-state index contributed by atoms with van der Waals surface area (Å²) in [7, 11) is 1.60. The Hall–Kier alpha value is -1.17. The zero-order valence-electron chi connectivity index (χ0n) is 11.8. The van der Waals surface area contributed by atoms with E-state index in [1.807, 2.05) is 13.0 Å². The van der Waals surface area contributed by atoms with Crippen molar-refractivity contribution in [1.29, 1.82) is 0 Å². The summed E-state index contributed by atoms with van der Waals surface area (Å²) in [5.41, 5.74) is 2.06. The molecule has 1 N–H and O–H groups in total. The van der Waals surface area contributed by atoms with Gasteiger partial charge in [0.25, 0.3) is 0 Å². The van der Waals surface area contributed by atoms with Crippen LogP contribution < -0.4 is 10.1 Å². The van der Waals surface area contributed by atoms with Crippen molar-refractivity contribution in [2.24, 2.45) is 0 Å². The summed E-state index contributed by atoms with van der Waals surface area (Å²) in [6.07, 6.45) is 2.28. The fourth-order valence-corrected chi connectivity index (χ4v) is 3.40. The molecule has 0 saturated carbocycles. The second-order valence-electron chi connectivity index (χ2n) is 4.46. The van der Waals surface area contributed by atoms with E-state index >= 15 is 0 Å². The van der Waals surface area contributed by atoms with Gasteiger partial charge in [-0.05, 0) is 24.4 Å². The molecule has 0 saturated heterocycles. The first kappa shape index (κ1) is 15.2. The minimum Gasteiger partial charge on any atom is -0.481 e. The number of nitrogens with one attached hydrogen (secondary N) is 1. The van der Waals surface area contributed by atoms with Crippen molar-refractivity contribution < 1.29 is 4.74 Å². The fourth-order valence-electron chi connectivity index (χ4n) is 2.00. The Morgan fingerprint density at radius 2 is 2.25 bits per heavy atom. The molecule has 0 bridgehead atoms. The summed E-state index contributed by atoms with van der Waals surface area (Å²) in [5.74, 6) is 0.582. The van der Waals surface area contributed by atoms with Gasteiger partial charge in [-0.1, -0.05) is 18.5 Å². The Morgan fingerprint density at radius 3 is 2.85 bits per heavy atom. The van der Waals surface area contributed by atoms with Gasteiger partial charge in [-0.15, -0.1) is 11.3 Å². The van der Waals surface area contributed by atoms with Gasteiger partial charge in [0.05, 0.1) is 12.1 Å². The SMILES string of the molecule is CCNC(Cc1cc(OC)ncn1)c1scc(C)c1Cl. The van der Waals surface area contributed by atoms with Gasteiger partial charge in [-0.2, -0.15) is 0 Å². The second kappa shape index (κ2) is 7.02. The highest BCUT2D eigenvalue weighted by Gasteiger charge is 2.18. The summed E-state index contributed by atoms with van der Waals surface area (Å²) in [5, 5.41) is 6.40. The van der Waals surface area contributed by atoms with Crippen molar-refractivity contribution in [2.75, 3.05) is 13.7 Å². The maximum absolute atomic E-state index is 6.38. The molecule has 2 aromatic rings. The van der Waals surface area contributed by atoms with Gasteiger partial charge in [0.15, 0.2) is 0 Å². The third-order valence-corrected chi connectivity index (χ3v) is 4.84. The van der Waals surface area contributed by atoms with E-state index in [0.29, 0.717) is 5.88 Å². The number of hydrogen-bond donors (Lipinski definition) is 1. The zero-order chi connectivity index (χ0) is 14.5. The first-order valence-corrected chi connectivity index (χ1v) is 7.73. The van der Waals surface area contributed by atoms with E-state index in [-0.39, 0.29) is 6.04 Å². The molecule has 2 rings (SSSR count). The van der Waals surface area contributed by atoms with Gasteiger partial charge in [-0.25, -0.2) is 9.97 Å². The van der Waals surface area contributed by atoms with E-state index in [1.54, 1.807) is 18.4 Å². The number of hydrogen-bond acceptors (Lipinski definition) is 5. The van der Waals surface area contributed by atoms with E-state index in [4.69, 9.17) is 16.3 Å². The Morgan fingerprint density at radius 1 is 1.45 bits per heavy atom. The quantitative estimate of drug-likeness (QED) is 0.888. The Bertz CT molecular complexity index is 573. The van der Waals surface area contributed by atoms with Crippen LogP contribution in [0.25, 0.3) is 0 Å². The maximum atomic E-state index is 6.38. The van der Waals surface area contributed by atoms with Crippen molar-refractivity contribution in [3.05, 3.63) is 38.9 Å². The number of methoxy groups -OCH3 is 1. The largest absolute Gasteiger partial charge is 0.481 e. The molecule has 0 radical (unpaired) electrons. The van der Waals surface area contributed by atoms with E-state index < -0.39 is 0 Å². The van der Waals surface area contributed by atoms with Crippen LogP contribution in [0.4, 0.5) is 0 Å². The van der Waals surface area contributed by atoms with Gasteiger partial charge in [0.1, 0.15) is 6.33 Å². The van der Waals surface area contributed by atoms with E-state index in [1.165, 1.54) is 6.33 Å². The molecule has 4 nitrogen and oxygen atoms in total. The summed E-state index contributed by atoms with van der Waals surface area (Å²) in [6.45, 7) is 4.99. The van der Waals surface area contributed by atoms with E-state index in [9.17, 15) is 0 Å². The number of thiophene rings is 1. The molecule has 2 aromatic heterocycles. The smallest absolute Gasteiger partial charge is 0.216 e. The Kier molecular flexibility index (Phi) is 5.34. The van der Waals surface area contributed by atoms with Crippen molar-refractivity contribution in [2.45, 2.75) is 26.3 Å². The van der Waals surface area contributed by atoms with Crippen LogP contribution in [0, 0.1) is 6.92 Å². The van der Waals surface area contributed by atoms with Crippen molar-refractivity contribution in [1.82, 2.24) is 15.3 Å². The number of likely N-dealkylation sites (N-methyl/N-ethyl adjacent to an activating group) is 1. The maximum Gasteiger partial charge on any atom is 0.216 e. The predicted molar refractivity (Wildman–Crippen MR) is 82.8 cm³/mol. The minimum atomic E-state index is 0.158. The molecule has 20 heavy (non-hydrogen) atoms. The number of aromatic nitrogens is 2. The van der Waals surface area contributed by atoms with Crippen molar-refractivity contribution >= 4 is 22.9 Å². The Labute approximate surface area is 128 Å². The van der Waals surface area contributed by atoms with Gasteiger partial charge >= 0.3 is 0 Å². The van der Waals surface area contributed by atoms with Gasteiger partial charge in [0.2, 0.25) is 5.88 Å². The van der Waals surface area contributed by atoms with Crippen LogP contribution in [0.5, 0.6) is 5.88 Å². The number of aryl methyl sites for hydroxylation is 1. The van der Waals surface area contributed by atoms with Crippen molar-refractivity contribution in [3.8, 4) is 5.88 Å². The van der Waals surface area contributed by atoms with Crippen LogP contribution in [-0.4, -0.2) is 23.6 Å². The van der Waals surface area contributed by atoms with Gasteiger partial charge in [-0.3, -0.25) is 0 Å². The first-order valence-electron chi connectivity index (χ1n) is 6.47. The first-order chi connectivity index (χ1) is 9.65. The number of nitrogens with zero attached hydrogens (tertiary/aromatic N) is 2. The van der Waals surface area contributed by atoms with Crippen molar-refractivity contribution in [3.63, 3.8) is 0 Å². The molecule has 0 aliphatic rings. The summed E-state index contributed by atoms with van der Waals surface area (Å²) in [6, 6.07) is 2.02. The lowest BCUT2D eigenvalue weighted by Crippen LogP contribution is -2.22. The molecule has 0 fully saturated rings. The summed E-state index contributed by atoms with van der Waals surface area (Å²) >= 11 is 8.06. The molecule has 1 atom stereocenters. The highest BCUT2D eigenvalue weighted by Crippen LogP contribution is 2.33. The van der Waals surface area contributed by atoms with Gasteiger partial charge in [0, 0.05) is 29.1 Å². The van der Waals surface area contributed by atoms with E-state index in [0.717, 1.165) is 34.1 Å². The average Bonchev–Trinajstić information content (AvgIpc) is 2.79. The molecule has 0 aliphatic carbocycles. The summed E-state index contributed by atoms with van der Waals surface area (Å²) < 4.78 is 5.13. The topological polar surface area (TPSA) is 47.0 Å². The molecule has 0 spiro atoms. The normalized spacial score (nSPS) is 12.4. The lowest BCUT2D eigenvalue weighted by Gasteiger charge is -2.17. The molecular formula is C14H18ClN3OS. The van der Waals surface area contributed by atoms with Crippen LogP contribution in [0.3, 0.4) is 0 Å². The lowest BCUT2D eigenvalue weighted by molar-refractivity contribution is 0.395. The van der Waals surface area contributed by atoms with Gasteiger partial charge < -0.3 is 10.1 Å². The van der Waals surface area contributed by atoms with Crippen LogP contribution in [-0.2, 0) is 6.42 Å². The highest BCUT2D eigenvalue weighted by atomic mass is 35.5. The third-order valence-electron chi connectivity index (χ3n) is 3.01. The minimum absolute atomic E-state index is 0.158. The molecule has 1 unspecified atom stereocenters. The molecule has 6 heteroatoms.